The van der Waals surface area contributed by atoms with Crippen molar-refractivity contribution in [3.63, 3.8) is 0 Å². The minimum Gasteiger partial charge on any atom is -0.274 e. The summed E-state index contributed by atoms with van der Waals surface area (Å²) >= 11 is 0. The summed E-state index contributed by atoms with van der Waals surface area (Å²) in [4.78, 5) is 4.05. The maximum Gasteiger partial charge on any atom is 0.121 e. The third-order valence-electron chi connectivity index (χ3n) is 1.43. The molecule has 30 valence electrons. The molecular weight excluding hydrogens is 74.1 g/mol. The number of hydrogen-bond acceptors (Lipinski definition) is 1. The Hall–Kier alpha value is -0.590. The van der Waals surface area contributed by atoms with Crippen LogP contribution in [0.15, 0.2) is 17.6 Å². The van der Waals surface area contributed by atoms with Gasteiger partial charge in [-0.15, -0.1) is 6.58 Å². The average Bonchev–Trinajstić information content (AvgIpc) is 2.12. The minimum atomic E-state index is 0.264. The van der Waals surface area contributed by atoms with Gasteiger partial charge in [-0.25, -0.2) is 0 Å². The van der Waals surface area contributed by atoms with Crippen molar-refractivity contribution in [2.24, 2.45) is 4.99 Å². The van der Waals surface area contributed by atoms with Gasteiger partial charge in [-0.05, 0) is 0 Å². The topological polar surface area (TPSA) is 12.4 Å². The third kappa shape index (κ3) is 0.0954. The first kappa shape index (κ1) is 2.56. The maximum atomic E-state index is 4.05. The molecule has 0 saturated heterocycles. The van der Waals surface area contributed by atoms with Crippen LogP contribution in [0.5, 0.6) is 0 Å². The lowest BCUT2D eigenvalue weighted by atomic mass is 10.4. The summed E-state index contributed by atoms with van der Waals surface area (Å²) in [5.74, 6) is 0. The Kier molecular flexibility index (Phi) is 0.168. The molecule has 0 radical (unpaired) electrons. The molecule has 0 bridgehead atoms. The molecule has 1 aliphatic heterocycles. The van der Waals surface area contributed by atoms with Crippen LogP contribution in [-0.4, -0.2) is 11.3 Å². The molecule has 1 heteroatoms. The molecular formula is C5H5N. The Morgan fingerprint density at radius 1 is 2.00 bits per heavy atom. The summed E-state index contributed by atoms with van der Waals surface area (Å²) in [6.45, 7) is 3.62. The van der Waals surface area contributed by atoms with Gasteiger partial charge in [0.05, 0.1) is 0 Å². The summed E-state index contributed by atoms with van der Waals surface area (Å²) in [6.07, 6.45) is 3.12. The molecule has 1 aliphatic carbocycles. The molecule has 1 atom stereocenters. The second kappa shape index (κ2) is 0.394. The lowest BCUT2D eigenvalue weighted by Crippen LogP contribution is -1.82. The molecule has 0 aromatic rings. The van der Waals surface area contributed by atoms with Gasteiger partial charge < -0.3 is 0 Å². The van der Waals surface area contributed by atoms with Crippen molar-refractivity contribution < 1.29 is 0 Å². The monoisotopic (exact) mass is 79.0 g/mol. The van der Waals surface area contributed by atoms with Gasteiger partial charge in [0.1, 0.15) is 5.54 Å². The van der Waals surface area contributed by atoms with Crippen molar-refractivity contribution in [3.05, 3.63) is 12.7 Å². The van der Waals surface area contributed by atoms with Crippen molar-refractivity contribution in [1.82, 2.24) is 0 Å². The molecule has 0 aromatic heterocycles. The second-order valence-corrected chi connectivity index (χ2v) is 1.86. The number of aliphatic imine (C=N–C) groups is 1. The van der Waals surface area contributed by atoms with Gasteiger partial charge in [-0.2, -0.15) is 0 Å². The molecule has 0 amide bonds. The molecule has 1 nitrogen and oxygen atoms in total. The van der Waals surface area contributed by atoms with Crippen LogP contribution in [0.3, 0.4) is 0 Å². The molecule has 1 heterocycles. The van der Waals surface area contributed by atoms with E-state index in [-0.39, 0.29) is 5.54 Å². The van der Waals surface area contributed by atoms with Crippen LogP contribution in [0.25, 0.3) is 0 Å². The highest BCUT2D eigenvalue weighted by molar-refractivity contribution is 6.23. The van der Waals surface area contributed by atoms with Gasteiger partial charge in [-0.3, -0.25) is 4.99 Å². The van der Waals surface area contributed by atoms with Crippen molar-refractivity contribution in [3.8, 4) is 0 Å². The Bertz CT molecular complexity index is 146. The van der Waals surface area contributed by atoms with Crippen LogP contribution in [0, 0.1) is 0 Å². The quantitative estimate of drug-likeness (QED) is 0.412. The maximum absolute atomic E-state index is 4.05. The Labute approximate surface area is 36.4 Å². The zero-order valence-electron chi connectivity index (χ0n) is 3.44. The number of rotatable bonds is 1. The van der Waals surface area contributed by atoms with E-state index < -0.39 is 0 Å². The van der Waals surface area contributed by atoms with E-state index >= 15 is 0 Å². The van der Waals surface area contributed by atoms with Gasteiger partial charge >= 0.3 is 0 Å². The van der Waals surface area contributed by atoms with E-state index in [1.807, 2.05) is 6.08 Å². The largest absolute Gasteiger partial charge is 0.274 e. The fourth-order valence-corrected chi connectivity index (χ4v) is 0.647. The molecule has 1 saturated carbocycles. The number of fused-ring (bicyclic) bond motifs is 1. The lowest BCUT2D eigenvalue weighted by Gasteiger charge is -1.79. The fourth-order valence-electron chi connectivity index (χ4n) is 0.647. The molecule has 1 unspecified atom stereocenters. The lowest BCUT2D eigenvalue weighted by molar-refractivity contribution is 0.967. The van der Waals surface area contributed by atoms with Gasteiger partial charge in [0.2, 0.25) is 0 Å². The fraction of sp³-hybridized carbons (Fsp3) is 0.400. The first-order valence-corrected chi connectivity index (χ1v) is 2.10. The van der Waals surface area contributed by atoms with E-state index in [9.17, 15) is 0 Å². The standard InChI is InChI=1S/C5H5N/c1-2-5-3-4(5)6-5/h2H,1,3H2. The highest BCUT2D eigenvalue weighted by Gasteiger charge is 2.60. The third-order valence-corrected chi connectivity index (χ3v) is 1.43. The summed E-state index contributed by atoms with van der Waals surface area (Å²) < 4.78 is 0. The van der Waals surface area contributed by atoms with Crippen molar-refractivity contribution in [2.75, 3.05) is 0 Å². The first-order chi connectivity index (χ1) is 2.87. The van der Waals surface area contributed by atoms with Crippen LogP contribution in [0.4, 0.5) is 0 Å². The highest BCUT2D eigenvalue weighted by Crippen LogP contribution is 2.51. The van der Waals surface area contributed by atoms with Gasteiger partial charge in [-0.1, -0.05) is 6.08 Å². The van der Waals surface area contributed by atoms with Crippen molar-refractivity contribution in [2.45, 2.75) is 12.0 Å². The molecule has 0 spiro atoms. The number of nitrogens with zero attached hydrogens (tertiary/aromatic N) is 1. The summed E-state index contributed by atoms with van der Waals surface area (Å²) in [5.41, 5.74) is 1.62. The summed E-state index contributed by atoms with van der Waals surface area (Å²) in [6, 6.07) is 0. The smallest absolute Gasteiger partial charge is 0.121 e. The van der Waals surface area contributed by atoms with Gasteiger partial charge in [0.15, 0.2) is 0 Å². The Morgan fingerprint density at radius 3 is 2.50 bits per heavy atom. The highest BCUT2D eigenvalue weighted by atomic mass is 15.1. The summed E-state index contributed by atoms with van der Waals surface area (Å²) in [7, 11) is 0. The van der Waals surface area contributed by atoms with E-state index in [2.05, 4.69) is 11.6 Å². The van der Waals surface area contributed by atoms with E-state index in [1.165, 1.54) is 12.1 Å². The van der Waals surface area contributed by atoms with Crippen LogP contribution in [0.2, 0.25) is 0 Å². The van der Waals surface area contributed by atoms with Gasteiger partial charge in [0.25, 0.3) is 0 Å². The van der Waals surface area contributed by atoms with Gasteiger partial charge in [0, 0.05) is 12.1 Å². The first-order valence-electron chi connectivity index (χ1n) is 2.10. The second-order valence-electron chi connectivity index (χ2n) is 1.86. The molecule has 6 heavy (non-hydrogen) atoms. The zero-order valence-corrected chi connectivity index (χ0v) is 3.44. The molecule has 0 N–H and O–H groups in total. The van der Waals surface area contributed by atoms with E-state index in [0.29, 0.717) is 0 Å². The Morgan fingerprint density at radius 2 is 2.50 bits per heavy atom. The van der Waals surface area contributed by atoms with E-state index in [0.717, 1.165) is 0 Å². The van der Waals surface area contributed by atoms with Crippen LogP contribution < -0.4 is 0 Å². The van der Waals surface area contributed by atoms with Crippen molar-refractivity contribution >= 4 is 5.71 Å². The SMILES string of the molecule is C=CC12CC1=N2. The van der Waals surface area contributed by atoms with Crippen molar-refractivity contribution in [1.29, 1.82) is 0 Å². The van der Waals surface area contributed by atoms with E-state index in [4.69, 9.17) is 0 Å². The van der Waals surface area contributed by atoms with E-state index in [1.54, 1.807) is 0 Å². The number of hydrogen-bond donors (Lipinski definition) is 0. The van der Waals surface area contributed by atoms with Crippen LogP contribution in [0.1, 0.15) is 6.42 Å². The normalized spacial score (nSPS) is 46.3. The van der Waals surface area contributed by atoms with Crippen LogP contribution >= 0.6 is 0 Å². The zero-order chi connectivity index (χ0) is 4.20. The molecule has 0 aromatic carbocycles. The predicted molar refractivity (Wildman–Crippen MR) is 25.0 cm³/mol. The molecule has 2 aliphatic rings. The summed E-state index contributed by atoms with van der Waals surface area (Å²) in [5, 5.41) is 0. The molecule has 2 rings (SSSR count). The predicted octanol–water partition coefficient (Wildman–Crippen LogP) is 0.769. The molecule has 1 fully saturated rings. The van der Waals surface area contributed by atoms with Crippen LogP contribution in [-0.2, 0) is 0 Å². The average molecular weight is 79.1 g/mol. The Balaban J connectivity index is 2.36. The minimum absolute atomic E-state index is 0.264.